The number of ether oxygens (including phenoxy) is 1. The van der Waals surface area contributed by atoms with Crippen LogP contribution in [-0.2, 0) is 14.8 Å². The van der Waals surface area contributed by atoms with E-state index in [0.29, 0.717) is 18.0 Å². The summed E-state index contributed by atoms with van der Waals surface area (Å²) in [6.07, 6.45) is 0. The van der Waals surface area contributed by atoms with Crippen molar-refractivity contribution in [1.29, 1.82) is 0 Å². The van der Waals surface area contributed by atoms with Crippen molar-refractivity contribution in [3.63, 3.8) is 0 Å². The van der Waals surface area contributed by atoms with Gasteiger partial charge in [0.2, 0.25) is 10.0 Å². The average molecular weight is 272 g/mol. The smallest absolute Gasteiger partial charge is 0.242 e. The quantitative estimate of drug-likeness (QED) is 0.815. The molecule has 0 aliphatic carbocycles. The SMILES string of the molecule is CCNc1ccc(S(=O)(=O)N(C)CCOC)cc1. The Hall–Kier alpha value is -1.11. The van der Waals surface area contributed by atoms with Crippen molar-refractivity contribution in [3.8, 4) is 0 Å². The molecule has 5 nitrogen and oxygen atoms in total. The minimum Gasteiger partial charge on any atom is -0.385 e. The highest BCUT2D eigenvalue weighted by molar-refractivity contribution is 7.89. The number of hydrogen-bond acceptors (Lipinski definition) is 4. The average Bonchev–Trinajstić information content (AvgIpc) is 2.37. The van der Waals surface area contributed by atoms with Crippen LogP contribution >= 0.6 is 0 Å². The Morgan fingerprint density at radius 2 is 1.89 bits per heavy atom. The molecule has 0 unspecified atom stereocenters. The lowest BCUT2D eigenvalue weighted by Crippen LogP contribution is -2.30. The first kappa shape index (κ1) is 14.9. The van der Waals surface area contributed by atoms with E-state index in [0.717, 1.165) is 12.2 Å². The maximum atomic E-state index is 12.2. The monoisotopic (exact) mass is 272 g/mol. The summed E-state index contributed by atoms with van der Waals surface area (Å²) in [5, 5.41) is 3.12. The molecule has 0 radical (unpaired) electrons. The standard InChI is InChI=1S/C12H20N2O3S/c1-4-13-11-5-7-12(8-6-11)18(15,16)14(2)9-10-17-3/h5-8,13H,4,9-10H2,1-3H3. The lowest BCUT2D eigenvalue weighted by molar-refractivity contribution is 0.185. The van der Waals surface area contributed by atoms with Crippen molar-refractivity contribution in [2.24, 2.45) is 0 Å². The van der Waals surface area contributed by atoms with Crippen molar-refractivity contribution in [3.05, 3.63) is 24.3 Å². The molecule has 1 aromatic carbocycles. The Kier molecular flexibility index (Phi) is 5.58. The van der Waals surface area contributed by atoms with Crippen LogP contribution in [0, 0.1) is 0 Å². The third-order valence-corrected chi connectivity index (χ3v) is 4.42. The molecule has 6 heteroatoms. The van der Waals surface area contributed by atoms with E-state index >= 15 is 0 Å². The fourth-order valence-electron chi connectivity index (χ4n) is 1.47. The Labute approximate surface area is 109 Å². The van der Waals surface area contributed by atoms with Gasteiger partial charge in [0.05, 0.1) is 11.5 Å². The van der Waals surface area contributed by atoms with Crippen LogP contribution in [0.5, 0.6) is 0 Å². The predicted octanol–water partition coefficient (Wildman–Crippen LogP) is 1.39. The van der Waals surface area contributed by atoms with Gasteiger partial charge in [-0.05, 0) is 31.2 Å². The summed E-state index contributed by atoms with van der Waals surface area (Å²) in [4.78, 5) is 0.294. The molecule has 0 atom stereocenters. The molecule has 0 saturated carbocycles. The van der Waals surface area contributed by atoms with Gasteiger partial charge >= 0.3 is 0 Å². The molecule has 0 fully saturated rings. The number of benzene rings is 1. The summed E-state index contributed by atoms with van der Waals surface area (Å²) in [6, 6.07) is 6.74. The van der Waals surface area contributed by atoms with Gasteiger partial charge in [-0.3, -0.25) is 0 Å². The number of sulfonamides is 1. The second-order valence-electron chi connectivity index (χ2n) is 3.87. The molecule has 1 rings (SSSR count). The van der Waals surface area contributed by atoms with E-state index in [9.17, 15) is 8.42 Å². The maximum absolute atomic E-state index is 12.2. The molecule has 0 saturated heterocycles. The number of hydrogen-bond donors (Lipinski definition) is 1. The van der Waals surface area contributed by atoms with Crippen molar-refractivity contribution in [2.45, 2.75) is 11.8 Å². The third kappa shape index (κ3) is 3.69. The molecule has 0 aliphatic rings. The lowest BCUT2D eigenvalue weighted by Gasteiger charge is -2.16. The van der Waals surface area contributed by atoms with E-state index in [1.807, 2.05) is 6.92 Å². The zero-order valence-electron chi connectivity index (χ0n) is 11.0. The summed E-state index contributed by atoms with van der Waals surface area (Å²) in [5.41, 5.74) is 0.913. The largest absolute Gasteiger partial charge is 0.385 e. The van der Waals surface area contributed by atoms with Crippen molar-refractivity contribution < 1.29 is 13.2 Å². The van der Waals surface area contributed by atoms with Gasteiger partial charge in [-0.15, -0.1) is 0 Å². The second kappa shape index (κ2) is 6.72. The third-order valence-electron chi connectivity index (χ3n) is 2.55. The highest BCUT2D eigenvalue weighted by atomic mass is 32.2. The van der Waals surface area contributed by atoms with E-state index in [1.165, 1.54) is 4.31 Å². The molecule has 1 N–H and O–H groups in total. The van der Waals surface area contributed by atoms with E-state index in [2.05, 4.69) is 5.32 Å². The van der Waals surface area contributed by atoms with Crippen LogP contribution in [0.3, 0.4) is 0 Å². The molecule has 0 heterocycles. The molecule has 1 aromatic rings. The summed E-state index contributed by atoms with van der Waals surface area (Å²) in [5.74, 6) is 0. The zero-order chi connectivity index (χ0) is 13.6. The van der Waals surface area contributed by atoms with Crippen LogP contribution in [0.25, 0.3) is 0 Å². The van der Waals surface area contributed by atoms with Crippen molar-refractivity contribution >= 4 is 15.7 Å². The van der Waals surface area contributed by atoms with Crippen LogP contribution in [-0.4, -0.2) is 46.6 Å². The molecular weight excluding hydrogens is 252 g/mol. The first-order valence-electron chi connectivity index (χ1n) is 5.81. The van der Waals surface area contributed by atoms with Crippen molar-refractivity contribution in [1.82, 2.24) is 4.31 Å². The van der Waals surface area contributed by atoms with Crippen LogP contribution in [0.1, 0.15) is 6.92 Å². The first-order valence-corrected chi connectivity index (χ1v) is 7.25. The lowest BCUT2D eigenvalue weighted by atomic mass is 10.3. The molecule has 0 bridgehead atoms. The van der Waals surface area contributed by atoms with E-state index in [4.69, 9.17) is 4.74 Å². The molecule has 0 aromatic heterocycles. The van der Waals surface area contributed by atoms with Gasteiger partial charge in [-0.1, -0.05) is 0 Å². The normalized spacial score (nSPS) is 11.8. The highest BCUT2D eigenvalue weighted by Gasteiger charge is 2.19. The van der Waals surface area contributed by atoms with Crippen molar-refractivity contribution in [2.75, 3.05) is 39.2 Å². The van der Waals surface area contributed by atoms with Gasteiger partial charge in [0.15, 0.2) is 0 Å². The Morgan fingerprint density at radius 1 is 1.28 bits per heavy atom. The molecule has 18 heavy (non-hydrogen) atoms. The fourth-order valence-corrected chi connectivity index (χ4v) is 2.62. The van der Waals surface area contributed by atoms with Gasteiger partial charge < -0.3 is 10.1 Å². The van der Waals surface area contributed by atoms with E-state index < -0.39 is 10.0 Å². The van der Waals surface area contributed by atoms with Gasteiger partial charge in [0.1, 0.15) is 0 Å². The fraction of sp³-hybridized carbons (Fsp3) is 0.500. The van der Waals surface area contributed by atoms with Gasteiger partial charge in [-0.2, -0.15) is 4.31 Å². The number of nitrogens with one attached hydrogen (secondary N) is 1. The van der Waals surface area contributed by atoms with Crippen LogP contribution < -0.4 is 5.32 Å². The van der Waals surface area contributed by atoms with Crippen LogP contribution in [0.4, 0.5) is 5.69 Å². The molecule has 0 aliphatic heterocycles. The highest BCUT2D eigenvalue weighted by Crippen LogP contribution is 2.17. The van der Waals surface area contributed by atoms with E-state index in [-0.39, 0.29) is 0 Å². The zero-order valence-corrected chi connectivity index (χ0v) is 11.8. The van der Waals surface area contributed by atoms with Crippen LogP contribution in [0.2, 0.25) is 0 Å². The number of rotatable bonds is 7. The molecule has 0 spiro atoms. The number of likely N-dealkylation sites (N-methyl/N-ethyl adjacent to an activating group) is 1. The predicted molar refractivity (Wildman–Crippen MR) is 72.3 cm³/mol. The Morgan fingerprint density at radius 3 is 2.39 bits per heavy atom. The van der Waals surface area contributed by atoms with Gasteiger partial charge in [0.25, 0.3) is 0 Å². The van der Waals surface area contributed by atoms with Gasteiger partial charge in [0, 0.05) is 32.9 Å². The van der Waals surface area contributed by atoms with Crippen LogP contribution in [0.15, 0.2) is 29.2 Å². The molecular formula is C12H20N2O3S. The van der Waals surface area contributed by atoms with E-state index in [1.54, 1.807) is 38.4 Å². The topological polar surface area (TPSA) is 58.6 Å². The second-order valence-corrected chi connectivity index (χ2v) is 5.92. The first-order chi connectivity index (χ1) is 8.52. The molecule has 102 valence electrons. The Bertz CT molecular complexity index is 457. The summed E-state index contributed by atoms with van der Waals surface area (Å²) in [6.45, 7) is 3.52. The molecule has 0 amide bonds. The maximum Gasteiger partial charge on any atom is 0.242 e. The van der Waals surface area contributed by atoms with Gasteiger partial charge in [-0.25, -0.2) is 8.42 Å². The summed E-state index contributed by atoms with van der Waals surface area (Å²) in [7, 11) is -0.322. The number of nitrogens with zero attached hydrogens (tertiary/aromatic N) is 1. The number of anilines is 1. The summed E-state index contributed by atoms with van der Waals surface area (Å²) >= 11 is 0. The minimum atomic E-state index is -3.42. The Balaban J connectivity index is 2.84. The minimum absolute atomic E-state index is 0.294. The number of methoxy groups -OCH3 is 1. The summed E-state index contributed by atoms with van der Waals surface area (Å²) < 4.78 is 30.5.